The lowest BCUT2D eigenvalue weighted by Crippen LogP contribution is -2.16. The minimum Gasteiger partial charge on any atom is -0.493 e. The fourth-order valence-corrected chi connectivity index (χ4v) is 4.15. The summed E-state index contributed by atoms with van der Waals surface area (Å²) >= 11 is 1.30. The van der Waals surface area contributed by atoms with Crippen LogP contribution < -0.4 is 4.74 Å². The van der Waals surface area contributed by atoms with E-state index in [1.807, 2.05) is 30.3 Å². The van der Waals surface area contributed by atoms with Crippen molar-refractivity contribution in [2.24, 2.45) is 0 Å². The first kappa shape index (κ1) is 22.0. The lowest BCUT2D eigenvalue weighted by molar-refractivity contribution is -0.157. The average molecular weight is 423 g/mol. The highest BCUT2D eigenvalue weighted by molar-refractivity contribution is 7.99. The molecule has 0 amide bonds. The Morgan fingerprint density at radius 3 is 2.21 bits per heavy atom. The first-order valence-corrected chi connectivity index (χ1v) is 11.5. The first-order chi connectivity index (χ1) is 13.5. The molecule has 6 nitrogen and oxygen atoms in total. The van der Waals surface area contributed by atoms with Gasteiger partial charge in [0.05, 0.1) is 23.0 Å². The summed E-state index contributed by atoms with van der Waals surface area (Å²) in [6, 6.07) is 17.4. The first-order valence-electron chi connectivity index (χ1n) is 8.74. The second-order valence-corrected chi connectivity index (χ2v) is 9.01. The van der Waals surface area contributed by atoms with Gasteiger partial charge in [-0.15, -0.1) is 11.8 Å². The number of ether oxygens (including phenoxy) is 2. The number of hydrogen-bond donors (Lipinski definition) is 0. The molecule has 0 heterocycles. The molecule has 0 radical (unpaired) electrons. The predicted octanol–water partition coefficient (Wildman–Crippen LogP) is 3.12. The van der Waals surface area contributed by atoms with Crippen molar-refractivity contribution in [1.29, 1.82) is 0 Å². The molecule has 0 aliphatic carbocycles. The van der Waals surface area contributed by atoms with Gasteiger partial charge in [0.1, 0.15) is 5.75 Å². The van der Waals surface area contributed by atoms with Crippen molar-refractivity contribution < 1.29 is 27.5 Å². The quantitative estimate of drug-likeness (QED) is 0.312. The number of benzene rings is 2. The van der Waals surface area contributed by atoms with Crippen molar-refractivity contribution >= 4 is 33.5 Å². The van der Waals surface area contributed by atoms with E-state index < -0.39 is 21.8 Å². The molecule has 0 saturated heterocycles. The van der Waals surface area contributed by atoms with Gasteiger partial charge >= 0.3 is 11.9 Å². The number of rotatable bonds is 11. The molecule has 2 aromatic carbocycles. The predicted molar refractivity (Wildman–Crippen MR) is 108 cm³/mol. The summed E-state index contributed by atoms with van der Waals surface area (Å²) in [4.78, 5) is 23.5. The molecule has 2 aromatic rings. The molecule has 0 atom stereocenters. The summed E-state index contributed by atoms with van der Waals surface area (Å²) in [5.41, 5.74) is 0. The van der Waals surface area contributed by atoms with Crippen molar-refractivity contribution in [1.82, 2.24) is 0 Å². The molecular weight excluding hydrogens is 400 g/mol. The van der Waals surface area contributed by atoms with Crippen LogP contribution >= 0.6 is 11.8 Å². The van der Waals surface area contributed by atoms with Crippen LogP contribution in [0.1, 0.15) is 12.8 Å². The van der Waals surface area contributed by atoms with Crippen LogP contribution in [0.25, 0.3) is 0 Å². The Kier molecular flexibility index (Phi) is 9.03. The smallest absolute Gasteiger partial charge is 0.323 e. The van der Waals surface area contributed by atoms with Crippen molar-refractivity contribution in [3.63, 3.8) is 0 Å². The molecule has 0 aliphatic heterocycles. The van der Waals surface area contributed by atoms with E-state index in [4.69, 9.17) is 9.47 Å². The third-order valence-electron chi connectivity index (χ3n) is 3.58. The molecule has 2 rings (SSSR count). The summed E-state index contributed by atoms with van der Waals surface area (Å²) < 4.78 is 34.4. The standard InChI is InChI=1S/C20H22O6S2/c21-19(12-7-15-28(23,24)18-10-5-2-6-11-18)26-20(22)16-27-14-13-25-17-8-3-1-4-9-17/h1-6,8-11H,7,12-16H2. The highest BCUT2D eigenvalue weighted by atomic mass is 32.2. The molecule has 0 saturated carbocycles. The number of hydrogen-bond acceptors (Lipinski definition) is 7. The Bertz CT molecular complexity index is 851. The maximum atomic E-state index is 12.1. The lowest BCUT2D eigenvalue weighted by atomic mass is 10.3. The van der Waals surface area contributed by atoms with E-state index in [0.717, 1.165) is 5.75 Å². The second kappa shape index (κ2) is 11.5. The maximum Gasteiger partial charge on any atom is 0.323 e. The van der Waals surface area contributed by atoms with Crippen LogP contribution in [-0.4, -0.2) is 44.2 Å². The molecular formula is C20H22O6S2. The van der Waals surface area contributed by atoms with Crippen LogP contribution in [0.15, 0.2) is 65.6 Å². The fraction of sp³-hybridized carbons (Fsp3) is 0.300. The minimum atomic E-state index is -3.44. The maximum absolute atomic E-state index is 12.1. The summed E-state index contributed by atoms with van der Waals surface area (Å²) in [6.07, 6.45) is -0.0268. The second-order valence-electron chi connectivity index (χ2n) is 5.80. The van der Waals surface area contributed by atoms with Crippen LogP contribution in [-0.2, 0) is 24.2 Å². The summed E-state index contributed by atoms with van der Waals surface area (Å²) in [7, 11) is -3.44. The highest BCUT2D eigenvalue weighted by Gasteiger charge is 2.16. The van der Waals surface area contributed by atoms with E-state index in [1.54, 1.807) is 18.2 Å². The summed E-state index contributed by atoms with van der Waals surface area (Å²) in [6.45, 7) is 0.438. The van der Waals surface area contributed by atoms with E-state index >= 15 is 0 Å². The van der Waals surface area contributed by atoms with Gasteiger partial charge in [-0.2, -0.15) is 0 Å². The Morgan fingerprint density at radius 1 is 0.893 bits per heavy atom. The molecule has 0 aromatic heterocycles. The Hall–Kier alpha value is -2.32. The largest absolute Gasteiger partial charge is 0.493 e. The Labute approximate surface area is 169 Å². The van der Waals surface area contributed by atoms with Crippen LogP contribution in [0.4, 0.5) is 0 Å². The van der Waals surface area contributed by atoms with Gasteiger partial charge in [-0.25, -0.2) is 8.42 Å². The Balaban J connectivity index is 1.57. The highest BCUT2D eigenvalue weighted by Crippen LogP contribution is 2.13. The zero-order valence-corrected chi connectivity index (χ0v) is 16.9. The number of thioether (sulfide) groups is 1. The number of para-hydroxylation sites is 1. The third kappa shape index (κ3) is 8.14. The normalized spacial score (nSPS) is 11.0. The number of esters is 2. The monoisotopic (exact) mass is 422 g/mol. The zero-order chi connectivity index (χ0) is 20.2. The summed E-state index contributed by atoms with van der Waals surface area (Å²) in [5, 5.41) is 0. The van der Waals surface area contributed by atoms with Crippen LogP contribution in [0, 0.1) is 0 Å². The van der Waals surface area contributed by atoms with E-state index in [0.29, 0.717) is 12.4 Å². The minimum absolute atomic E-state index is 0.0339. The van der Waals surface area contributed by atoms with Gasteiger partial charge in [0.15, 0.2) is 9.84 Å². The van der Waals surface area contributed by atoms with Crippen molar-refractivity contribution in [2.45, 2.75) is 17.7 Å². The Morgan fingerprint density at radius 2 is 1.54 bits per heavy atom. The fourth-order valence-electron chi connectivity index (χ4n) is 2.25. The van der Waals surface area contributed by atoms with Crippen LogP contribution in [0.5, 0.6) is 5.75 Å². The zero-order valence-electron chi connectivity index (χ0n) is 15.3. The van der Waals surface area contributed by atoms with E-state index in [-0.39, 0.29) is 29.2 Å². The number of carbonyl (C=O) groups is 2. The molecule has 0 aliphatic rings. The van der Waals surface area contributed by atoms with Crippen molar-refractivity contribution in [2.75, 3.05) is 23.9 Å². The lowest BCUT2D eigenvalue weighted by Gasteiger charge is -2.06. The molecule has 8 heteroatoms. The number of sulfone groups is 1. The van der Waals surface area contributed by atoms with E-state index in [9.17, 15) is 18.0 Å². The van der Waals surface area contributed by atoms with Gasteiger partial charge < -0.3 is 9.47 Å². The van der Waals surface area contributed by atoms with Gasteiger partial charge in [0.2, 0.25) is 0 Å². The topological polar surface area (TPSA) is 86.7 Å². The molecule has 0 bridgehead atoms. The molecule has 150 valence electrons. The number of carbonyl (C=O) groups excluding carboxylic acids is 2. The third-order valence-corrected chi connectivity index (χ3v) is 6.30. The SMILES string of the molecule is O=C(CCCS(=O)(=O)c1ccccc1)OC(=O)CSCCOc1ccccc1. The molecule has 28 heavy (non-hydrogen) atoms. The van der Waals surface area contributed by atoms with Gasteiger partial charge in [-0.1, -0.05) is 36.4 Å². The molecule has 0 spiro atoms. The van der Waals surface area contributed by atoms with Crippen LogP contribution in [0.3, 0.4) is 0 Å². The molecule has 0 N–H and O–H groups in total. The van der Waals surface area contributed by atoms with Crippen molar-refractivity contribution in [3.05, 3.63) is 60.7 Å². The van der Waals surface area contributed by atoms with Gasteiger partial charge in [0, 0.05) is 12.2 Å². The van der Waals surface area contributed by atoms with Crippen molar-refractivity contribution in [3.8, 4) is 5.75 Å². The molecule has 0 unspecified atom stereocenters. The average Bonchev–Trinajstić information content (AvgIpc) is 2.69. The summed E-state index contributed by atoms with van der Waals surface area (Å²) in [5.74, 6) is -0.160. The van der Waals surface area contributed by atoms with E-state index in [2.05, 4.69) is 0 Å². The van der Waals surface area contributed by atoms with E-state index in [1.165, 1.54) is 23.9 Å². The molecule has 0 fully saturated rings. The van der Waals surface area contributed by atoms with Gasteiger partial charge in [-0.3, -0.25) is 9.59 Å². The van der Waals surface area contributed by atoms with Crippen LogP contribution in [0.2, 0.25) is 0 Å². The van der Waals surface area contributed by atoms with Gasteiger partial charge in [-0.05, 0) is 30.7 Å². The van der Waals surface area contributed by atoms with Gasteiger partial charge in [0.25, 0.3) is 0 Å².